The quantitative estimate of drug-likeness (QED) is 0.597. The highest BCUT2D eigenvalue weighted by molar-refractivity contribution is 5.83. The van der Waals surface area contributed by atoms with Crippen LogP contribution in [-0.4, -0.2) is 20.0 Å². The molecule has 1 N–H and O–H groups in total. The first-order valence-electron chi connectivity index (χ1n) is 8.85. The van der Waals surface area contributed by atoms with E-state index >= 15 is 0 Å². The van der Waals surface area contributed by atoms with Crippen LogP contribution in [0.15, 0.2) is 91.3 Å². The van der Waals surface area contributed by atoms with Crippen LogP contribution < -0.4 is 5.32 Å². The van der Waals surface area contributed by atoms with Gasteiger partial charge in [0, 0.05) is 17.5 Å². The second-order valence-corrected chi connectivity index (χ2v) is 6.37. The second-order valence-electron chi connectivity index (χ2n) is 6.37. The van der Waals surface area contributed by atoms with E-state index in [1.165, 1.54) is 0 Å². The van der Waals surface area contributed by atoms with Crippen LogP contribution in [0.25, 0.3) is 11.3 Å². The van der Waals surface area contributed by atoms with Crippen molar-refractivity contribution in [3.05, 3.63) is 108 Å². The minimum absolute atomic E-state index is 0.0389. The number of nitrogens with zero attached hydrogens (tertiary/aromatic N) is 4. The average molecular weight is 351 g/mol. The van der Waals surface area contributed by atoms with Crippen molar-refractivity contribution in [3.8, 4) is 5.69 Å². The number of anilines is 1. The van der Waals surface area contributed by atoms with Crippen LogP contribution in [0.5, 0.6) is 0 Å². The van der Waals surface area contributed by atoms with Crippen molar-refractivity contribution >= 4 is 11.3 Å². The minimum Gasteiger partial charge on any atom is -0.373 e. The molecule has 1 unspecified atom stereocenters. The molecule has 2 heterocycles. The van der Waals surface area contributed by atoms with Crippen molar-refractivity contribution in [2.24, 2.45) is 0 Å². The number of para-hydroxylation sites is 1. The van der Waals surface area contributed by atoms with Gasteiger partial charge in [0.2, 0.25) is 0 Å². The zero-order chi connectivity index (χ0) is 18.1. The van der Waals surface area contributed by atoms with Gasteiger partial charge in [-0.15, -0.1) is 9.90 Å². The predicted octanol–water partition coefficient (Wildman–Crippen LogP) is 4.26. The standard InChI is InChI=1S/C22H17N5/c1-3-8-16(9-4-1)19-14-20(24-17-10-5-2-6-11-17)22-21(19)25-27(26-22)18-12-7-13-23-15-18/h1-15,20,24H. The van der Waals surface area contributed by atoms with Crippen molar-refractivity contribution in [1.29, 1.82) is 0 Å². The Bertz CT molecular complexity index is 1090. The number of hydrogen-bond donors (Lipinski definition) is 1. The summed E-state index contributed by atoms with van der Waals surface area (Å²) >= 11 is 0. The van der Waals surface area contributed by atoms with Gasteiger partial charge in [-0.2, -0.15) is 5.10 Å². The lowest BCUT2D eigenvalue weighted by Gasteiger charge is -2.11. The van der Waals surface area contributed by atoms with Gasteiger partial charge in [-0.1, -0.05) is 48.5 Å². The molecule has 1 atom stereocenters. The Morgan fingerprint density at radius 2 is 1.59 bits per heavy atom. The fourth-order valence-corrected chi connectivity index (χ4v) is 3.31. The Labute approximate surface area is 157 Å². The Morgan fingerprint density at radius 3 is 2.33 bits per heavy atom. The molecule has 27 heavy (non-hydrogen) atoms. The average Bonchev–Trinajstić information content (AvgIpc) is 3.31. The van der Waals surface area contributed by atoms with Gasteiger partial charge in [0.15, 0.2) is 0 Å². The third-order valence-electron chi connectivity index (χ3n) is 4.58. The number of aromatic nitrogens is 4. The number of hydrogen-bond acceptors (Lipinski definition) is 4. The summed E-state index contributed by atoms with van der Waals surface area (Å²) in [5, 5.41) is 13.1. The van der Waals surface area contributed by atoms with Crippen molar-refractivity contribution in [2.75, 3.05) is 5.32 Å². The van der Waals surface area contributed by atoms with Gasteiger partial charge in [-0.25, -0.2) is 0 Å². The molecule has 5 rings (SSSR count). The molecule has 0 radical (unpaired) electrons. The molecule has 5 heteroatoms. The highest BCUT2D eigenvalue weighted by Crippen LogP contribution is 2.38. The number of pyridine rings is 1. The Balaban J connectivity index is 1.59. The van der Waals surface area contributed by atoms with Gasteiger partial charge in [-0.3, -0.25) is 4.98 Å². The van der Waals surface area contributed by atoms with Gasteiger partial charge in [0.1, 0.15) is 17.1 Å². The highest BCUT2D eigenvalue weighted by Gasteiger charge is 2.30. The maximum atomic E-state index is 4.77. The van der Waals surface area contributed by atoms with Crippen LogP contribution in [0.4, 0.5) is 5.69 Å². The third kappa shape index (κ3) is 2.89. The van der Waals surface area contributed by atoms with E-state index in [1.807, 2.05) is 48.5 Å². The smallest absolute Gasteiger partial charge is 0.119 e. The van der Waals surface area contributed by atoms with Gasteiger partial charge in [0.05, 0.1) is 12.2 Å². The molecular weight excluding hydrogens is 334 g/mol. The summed E-state index contributed by atoms with van der Waals surface area (Å²) in [5.74, 6) is 0. The highest BCUT2D eigenvalue weighted by atomic mass is 15.5. The van der Waals surface area contributed by atoms with E-state index in [4.69, 9.17) is 10.2 Å². The largest absolute Gasteiger partial charge is 0.373 e. The van der Waals surface area contributed by atoms with E-state index in [1.54, 1.807) is 17.2 Å². The summed E-state index contributed by atoms with van der Waals surface area (Å²) in [6.45, 7) is 0. The maximum absolute atomic E-state index is 4.77. The molecular formula is C22H17N5. The lowest BCUT2D eigenvalue weighted by Crippen LogP contribution is -2.08. The Hall–Kier alpha value is -3.73. The van der Waals surface area contributed by atoms with Crippen LogP contribution in [-0.2, 0) is 0 Å². The SMILES string of the molecule is C1=C(c2ccccc2)c2nn(-c3cccnc3)nc2C1Nc1ccccc1. The van der Waals surface area contributed by atoms with Gasteiger partial charge in [-0.05, 0) is 35.9 Å². The first kappa shape index (κ1) is 15.5. The molecule has 0 aliphatic heterocycles. The number of nitrogens with one attached hydrogen (secondary N) is 1. The molecule has 1 aliphatic carbocycles. The van der Waals surface area contributed by atoms with E-state index < -0.39 is 0 Å². The minimum atomic E-state index is -0.0389. The molecule has 1 aliphatic rings. The zero-order valence-electron chi connectivity index (χ0n) is 14.5. The van der Waals surface area contributed by atoms with E-state index in [0.717, 1.165) is 33.9 Å². The van der Waals surface area contributed by atoms with E-state index in [2.05, 4.69) is 40.6 Å². The van der Waals surface area contributed by atoms with Gasteiger partial charge < -0.3 is 5.32 Å². The zero-order valence-corrected chi connectivity index (χ0v) is 14.5. The van der Waals surface area contributed by atoms with Crippen LogP contribution in [0.1, 0.15) is 23.0 Å². The number of rotatable bonds is 4. The Kier molecular flexibility index (Phi) is 3.76. The number of fused-ring (bicyclic) bond motifs is 1. The van der Waals surface area contributed by atoms with Crippen LogP contribution in [0.3, 0.4) is 0 Å². The summed E-state index contributed by atoms with van der Waals surface area (Å²) in [6.07, 6.45) is 5.71. The lowest BCUT2D eigenvalue weighted by molar-refractivity contribution is 0.726. The van der Waals surface area contributed by atoms with Gasteiger partial charge in [0.25, 0.3) is 0 Å². The summed E-state index contributed by atoms with van der Waals surface area (Å²) in [6, 6.07) is 24.3. The van der Waals surface area contributed by atoms with Crippen LogP contribution in [0, 0.1) is 0 Å². The predicted molar refractivity (Wildman–Crippen MR) is 105 cm³/mol. The Morgan fingerprint density at radius 1 is 0.815 bits per heavy atom. The molecule has 5 nitrogen and oxygen atoms in total. The van der Waals surface area contributed by atoms with Crippen LogP contribution in [0.2, 0.25) is 0 Å². The van der Waals surface area contributed by atoms with Crippen molar-refractivity contribution in [1.82, 2.24) is 20.0 Å². The molecule has 0 spiro atoms. The molecule has 2 aromatic heterocycles. The van der Waals surface area contributed by atoms with Crippen molar-refractivity contribution in [2.45, 2.75) is 6.04 Å². The summed E-state index contributed by atoms with van der Waals surface area (Å²) in [7, 11) is 0. The van der Waals surface area contributed by atoms with Crippen LogP contribution >= 0.6 is 0 Å². The molecule has 4 aromatic rings. The van der Waals surface area contributed by atoms with Crippen molar-refractivity contribution in [3.63, 3.8) is 0 Å². The first-order valence-corrected chi connectivity index (χ1v) is 8.85. The molecule has 2 aromatic carbocycles. The third-order valence-corrected chi connectivity index (χ3v) is 4.58. The summed E-state index contributed by atoms with van der Waals surface area (Å²) in [4.78, 5) is 5.84. The fraction of sp³-hybridized carbons (Fsp3) is 0.0455. The normalized spacial score (nSPS) is 15.3. The molecule has 0 amide bonds. The van der Waals surface area contributed by atoms with E-state index in [-0.39, 0.29) is 6.04 Å². The summed E-state index contributed by atoms with van der Waals surface area (Å²) < 4.78 is 0. The molecule has 0 bridgehead atoms. The topological polar surface area (TPSA) is 55.6 Å². The van der Waals surface area contributed by atoms with E-state index in [9.17, 15) is 0 Å². The van der Waals surface area contributed by atoms with E-state index in [0.29, 0.717) is 0 Å². The molecule has 0 saturated carbocycles. The first-order chi connectivity index (χ1) is 13.4. The van der Waals surface area contributed by atoms with Crippen molar-refractivity contribution < 1.29 is 0 Å². The molecule has 0 fully saturated rings. The van der Waals surface area contributed by atoms with Gasteiger partial charge >= 0.3 is 0 Å². The molecule has 130 valence electrons. The lowest BCUT2D eigenvalue weighted by atomic mass is 10.1. The second kappa shape index (κ2) is 6.53. The maximum Gasteiger partial charge on any atom is 0.119 e. The molecule has 0 saturated heterocycles. The monoisotopic (exact) mass is 351 g/mol. The summed E-state index contributed by atoms with van der Waals surface area (Å²) in [5.41, 5.74) is 5.94. The number of benzene rings is 2. The fourth-order valence-electron chi connectivity index (χ4n) is 3.31.